The molecule has 2 heteroatoms. The van der Waals surface area contributed by atoms with E-state index in [1.165, 1.54) is 0 Å². The second kappa shape index (κ2) is 5.45. The predicted molar refractivity (Wildman–Crippen MR) is 41.8 cm³/mol. The molecule has 0 rings (SSSR count). The van der Waals surface area contributed by atoms with Gasteiger partial charge in [-0.1, -0.05) is 5.57 Å². The molecule has 0 saturated heterocycles. The fourth-order valence-corrected chi connectivity index (χ4v) is 0.831. The van der Waals surface area contributed by atoms with Gasteiger partial charge in [-0.3, -0.25) is 0 Å². The van der Waals surface area contributed by atoms with Crippen molar-refractivity contribution in [2.45, 2.75) is 32.3 Å². The largest absolute Gasteiger partial charge is 0.396 e. The molecule has 0 fully saturated rings. The average molecular weight is 144 g/mol. The van der Waals surface area contributed by atoms with Crippen LogP contribution in [0.4, 0.5) is 0 Å². The molecule has 0 bridgehead atoms. The summed E-state index contributed by atoms with van der Waals surface area (Å²) in [7, 11) is 0. The van der Waals surface area contributed by atoms with Crippen molar-refractivity contribution < 1.29 is 10.2 Å². The number of aliphatic hydroxyl groups excluding tert-OH is 2. The van der Waals surface area contributed by atoms with E-state index in [1.807, 2.05) is 6.92 Å². The molecule has 0 radical (unpaired) electrons. The highest BCUT2D eigenvalue weighted by atomic mass is 16.3. The molecule has 0 aromatic carbocycles. The van der Waals surface area contributed by atoms with Gasteiger partial charge in [-0.05, 0) is 26.2 Å². The van der Waals surface area contributed by atoms with E-state index < -0.39 is 0 Å². The van der Waals surface area contributed by atoms with Crippen LogP contribution in [0.2, 0.25) is 0 Å². The molecule has 2 nitrogen and oxygen atoms in total. The zero-order valence-electron chi connectivity index (χ0n) is 6.51. The van der Waals surface area contributed by atoms with Crippen LogP contribution in [0.25, 0.3) is 0 Å². The first-order chi connectivity index (χ1) is 4.66. The van der Waals surface area contributed by atoms with E-state index in [0.29, 0.717) is 19.3 Å². The highest BCUT2D eigenvalue weighted by Crippen LogP contribution is 2.06. The van der Waals surface area contributed by atoms with Crippen molar-refractivity contribution in [3.63, 3.8) is 0 Å². The van der Waals surface area contributed by atoms with Crippen LogP contribution in [-0.4, -0.2) is 22.9 Å². The van der Waals surface area contributed by atoms with Crippen LogP contribution in [0.1, 0.15) is 26.2 Å². The minimum absolute atomic E-state index is 0.160. The monoisotopic (exact) mass is 144 g/mol. The van der Waals surface area contributed by atoms with E-state index >= 15 is 0 Å². The Morgan fingerprint density at radius 3 is 2.60 bits per heavy atom. The Balaban J connectivity index is 3.25. The lowest BCUT2D eigenvalue weighted by Crippen LogP contribution is -2.07. The summed E-state index contributed by atoms with van der Waals surface area (Å²) in [5.74, 6) is 0. The number of rotatable bonds is 5. The molecule has 0 aromatic heterocycles. The molecule has 0 aliphatic heterocycles. The quantitative estimate of drug-likeness (QED) is 0.567. The van der Waals surface area contributed by atoms with Crippen molar-refractivity contribution in [3.8, 4) is 0 Å². The summed E-state index contributed by atoms with van der Waals surface area (Å²) in [6.45, 7) is 5.73. The molecular formula is C8H16O2. The molecule has 0 amide bonds. The third kappa shape index (κ3) is 5.79. The molecule has 2 N–H and O–H groups in total. The van der Waals surface area contributed by atoms with E-state index in [0.717, 1.165) is 5.57 Å². The van der Waals surface area contributed by atoms with Crippen LogP contribution in [0.5, 0.6) is 0 Å². The summed E-state index contributed by atoms with van der Waals surface area (Å²) in [6, 6.07) is 0. The van der Waals surface area contributed by atoms with E-state index in [9.17, 15) is 5.11 Å². The highest BCUT2D eigenvalue weighted by Gasteiger charge is 2.02. The van der Waals surface area contributed by atoms with Crippen molar-refractivity contribution in [3.05, 3.63) is 12.2 Å². The first-order valence-electron chi connectivity index (χ1n) is 3.60. The minimum Gasteiger partial charge on any atom is -0.396 e. The third-order valence-corrected chi connectivity index (χ3v) is 1.28. The summed E-state index contributed by atoms with van der Waals surface area (Å²) in [6.07, 6.45) is 1.68. The van der Waals surface area contributed by atoms with Crippen LogP contribution in [0, 0.1) is 0 Å². The van der Waals surface area contributed by atoms with Crippen LogP contribution < -0.4 is 0 Å². The van der Waals surface area contributed by atoms with Crippen LogP contribution in [0.3, 0.4) is 0 Å². The SMILES string of the molecule is C=C(C)CC(O)CCCO. The number of hydrogen-bond acceptors (Lipinski definition) is 2. The van der Waals surface area contributed by atoms with Gasteiger partial charge >= 0.3 is 0 Å². The summed E-state index contributed by atoms with van der Waals surface area (Å²) >= 11 is 0. The van der Waals surface area contributed by atoms with Gasteiger partial charge in [0.15, 0.2) is 0 Å². The van der Waals surface area contributed by atoms with Gasteiger partial charge < -0.3 is 10.2 Å². The lowest BCUT2D eigenvalue weighted by molar-refractivity contribution is 0.150. The molecule has 0 aromatic rings. The Morgan fingerprint density at radius 1 is 1.60 bits per heavy atom. The summed E-state index contributed by atoms with van der Waals surface area (Å²) in [5, 5.41) is 17.6. The fraction of sp³-hybridized carbons (Fsp3) is 0.750. The zero-order valence-corrected chi connectivity index (χ0v) is 6.51. The lowest BCUT2D eigenvalue weighted by Gasteiger charge is -2.07. The number of aliphatic hydroxyl groups is 2. The molecule has 60 valence electrons. The normalized spacial score (nSPS) is 13.1. The van der Waals surface area contributed by atoms with Crippen LogP contribution in [-0.2, 0) is 0 Å². The number of hydrogen-bond donors (Lipinski definition) is 2. The second-order valence-electron chi connectivity index (χ2n) is 2.68. The fourth-order valence-electron chi connectivity index (χ4n) is 0.831. The van der Waals surface area contributed by atoms with Gasteiger partial charge in [0.2, 0.25) is 0 Å². The Labute approximate surface area is 62.2 Å². The molecule has 0 aliphatic carbocycles. The van der Waals surface area contributed by atoms with E-state index in [2.05, 4.69) is 6.58 Å². The van der Waals surface area contributed by atoms with Crippen molar-refractivity contribution in [2.24, 2.45) is 0 Å². The molecule has 1 unspecified atom stereocenters. The maximum atomic E-state index is 9.18. The second-order valence-corrected chi connectivity index (χ2v) is 2.68. The molecule has 10 heavy (non-hydrogen) atoms. The van der Waals surface area contributed by atoms with Crippen molar-refractivity contribution in [1.82, 2.24) is 0 Å². The van der Waals surface area contributed by atoms with Crippen molar-refractivity contribution >= 4 is 0 Å². The first kappa shape index (κ1) is 9.66. The smallest absolute Gasteiger partial charge is 0.0578 e. The average Bonchev–Trinajstić information content (AvgIpc) is 1.82. The van der Waals surface area contributed by atoms with Gasteiger partial charge in [0.05, 0.1) is 6.10 Å². The Bertz CT molecular complexity index is 99.4. The molecular weight excluding hydrogens is 128 g/mol. The molecule has 0 heterocycles. The van der Waals surface area contributed by atoms with E-state index in [4.69, 9.17) is 5.11 Å². The third-order valence-electron chi connectivity index (χ3n) is 1.28. The molecule has 1 atom stereocenters. The van der Waals surface area contributed by atoms with E-state index in [1.54, 1.807) is 0 Å². The van der Waals surface area contributed by atoms with Gasteiger partial charge in [-0.2, -0.15) is 0 Å². The van der Waals surface area contributed by atoms with Crippen molar-refractivity contribution in [1.29, 1.82) is 0 Å². The van der Waals surface area contributed by atoms with Crippen molar-refractivity contribution in [2.75, 3.05) is 6.61 Å². The van der Waals surface area contributed by atoms with Gasteiger partial charge in [0, 0.05) is 6.61 Å². The minimum atomic E-state index is -0.315. The summed E-state index contributed by atoms with van der Waals surface area (Å²) in [4.78, 5) is 0. The molecule has 0 aliphatic rings. The first-order valence-corrected chi connectivity index (χ1v) is 3.60. The van der Waals surface area contributed by atoms with Gasteiger partial charge in [0.25, 0.3) is 0 Å². The molecule has 0 saturated carbocycles. The Hall–Kier alpha value is -0.340. The maximum Gasteiger partial charge on any atom is 0.0578 e. The summed E-state index contributed by atoms with van der Waals surface area (Å²) < 4.78 is 0. The zero-order chi connectivity index (χ0) is 7.98. The Morgan fingerprint density at radius 2 is 2.20 bits per heavy atom. The van der Waals surface area contributed by atoms with E-state index in [-0.39, 0.29) is 12.7 Å². The predicted octanol–water partition coefficient (Wildman–Crippen LogP) is 1.09. The van der Waals surface area contributed by atoms with Gasteiger partial charge in [-0.25, -0.2) is 0 Å². The summed E-state index contributed by atoms with van der Waals surface area (Å²) in [5.41, 5.74) is 0.991. The van der Waals surface area contributed by atoms with Crippen LogP contribution in [0.15, 0.2) is 12.2 Å². The van der Waals surface area contributed by atoms with Crippen LogP contribution >= 0.6 is 0 Å². The molecule has 0 spiro atoms. The highest BCUT2D eigenvalue weighted by molar-refractivity contribution is 4.90. The lowest BCUT2D eigenvalue weighted by atomic mass is 10.1. The van der Waals surface area contributed by atoms with Gasteiger partial charge in [-0.15, -0.1) is 6.58 Å². The standard InChI is InChI=1S/C8H16O2/c1-7(2)6-8(10)4-3-5-9/h8-10H,1,3-6H2,2H3. The Kier molecular flexibility index (Phi) is 5.26. The maximum absolute atomic E-state index is 9.18. The topological polar surface area (TPSA) is 40.5 Å². The van der Waals surface area contributed by atoms with Gasteiger partial charge in [0.1, 0.15) is 0 Å².